The molecule has 6 nitrogen and oxygen atoms in total. The van der Waals surface area contributed by atoms with Gasteiger partial charge in [0.2, 0.25) is 5.89 Å². The zero-order valence-electron chi connectivity index (χ0n) is 19.8. The van der Waals surface area contributed by atoms with Crippen LogP contribution in [0.1, 0.15) is 74.1 Å². The maximum absolute atomic E-state index is 12.4. The number of benzene rings is 1. The van der Waals surface area contributed by atoms with Crippen molar-refractivity contribution in [1.82, 2.24) is 20.2 Å². The maximum atomic E-state index is 12.4. The lowest BCUT2D eigenvalue weighted by molar-refractivity contribution is 0.0945. The Bertz CT molecular complexity index is 991. The van der Waals surface area contributed by atoms with Gasteiger partial charge < -0.3 is 9.73 Å². The van der Waals surface area contributed by atoms with E-state index >= 15 is 0 Å². The lowest BCUT2D eigenvalue weighted by Crippen LogP contribution is -2.32. The van der Waals surface area contributed by atoms with E-state index in [0.717, 1.165) is 18.5 Å². The van der Waals surface area contributed by atoms with Crippen LogP contribution in [-0.2, 0) is 25.0 Å². The summed E-state index contributed by atoms with van der Waals surface area (Å²) in [4.78, 5) is 23.2. The van der Waals surface area contributed by atoms with Crippen molar-refractivity contribution in [2.75, 3.05) is 0 Å². The van der Waals surface area contributed by atoms with Crippen molar-refractivity contribution in [2.24, 2.45) is 0 Å². The van der Waals surface area contributed by atoms with E-state index in [-0.39, 0.29) is 11.3 Å². The number of oxazole rings is 1. The fraction of sp³-hybridized carbons (Fsp3) is 0.423. The normalized spacial score (nSPS) is 12.7. The van der Waals surface area contributed by atoms with Crippen molar-refractivity contribution in [3.05, 3.63) is 83.3 Å². The smallest absolute Gasteiger partial charge is 0.273 e. The van der Waals surface area contributed by atoms with E-state index in [1.165, 1.54) is 17.4 Å². The summed E-state index contributed by atoms with van der Waals surface area (Å²) in [7, 11) is 0. The van der Waals surface area contributed by atoms with Gasteiger partial charge in [-0.2, -0.15) is 0 Å². The SMILES string of the molecule is CCC(C)N(Cc1ccc(C(C)(C)C)cc1)Cc1nc(C(=O)NCc2ccncc2)co1. The number of hydrogen-bond donors (Lipinski definition) is 1. The molecule has 0 saturated carbocycles. The van der Waals surface area contributed by atoms with Gasteiger partial charge in [0.25, 0.3) is 5.91 Å². The topological polar surface area (TPSA) is 71.3 Å². The Morgan fingerprint density at radius 1 is 1.06 bits per heavy atom. The highest BCUT2D eigenvalue weighted by molar-refractivity contribution is 5.91. The third-order valence-corrected chi connectivity index (χ3v) is 5.74. The fourth-order valence-corrected chi connectivity index (χ4v) is 3.41. The van der Waals surface area contributed by atoms with Gasteiger partial charge in [-0.25, -0.2) is 4.98 Å². The van der Waals surface area contributed by atoms with Gasteiger partial charge in [0.05, 0.1) is 6.54 Å². The van der Waals surface area contributed by atoms with Crippen molar-refractivity contribution in [2.45, 2.75) is 72.1 Å². The summed E-state index contributed by atoms with van der Waals surface area (Å²) in [5.41, 5.74) is 4.00. The van der Waals surface area contributed by atoms with Gasteiger partial charge in [0, 0.05) is 31.5 Å². The molecule has 3 aromatic rings. The average molecular weight is 435 g/mol. The number of nitrogens with one attached hydrogen (secondary N) is 1. The minimum Gasteiger partial charge on any atom is -0.447 e. The summed E-state index contributed by atoms with van der Waals surface area (Å²) >= 11 is 0. The third kappa shape index (κ3) is 6.50. The lowest BCUT2D eigenvalue weighted by Gasteiger charge is -2.27. The second-order valence-electron chi connectivity index (χ2n) is 9.27. The first-order valence-electron chi connectivity index (χ1n) is 11.2. The van der Waals surface area contributed by atoms with Crippen molar-refractivity contribution < 1.29 is 9.21 Å². The highest BCUT2D eigenvalue weighted by atomic mass is 16.3. The van der Waals surface area contributed by atoms with Crippen LogP contribution in [0.15, 0.2) is 59.5 Å². The number of carbonyl (C=O) groups excluding carboxylic acids is 1. The standard InChI is InChI=1S/C26H34N4O2/c1-6-19(2)30(16-21-7-9-22(10-8-21)26(3,4)5)17-24-29-23(18-32-24)25(31)28-15-20-11-13-27-14-12-20/h7-14,18-19H,6,15-17H2,1-5H3,(H,28,31). The number of rotatable bonds is 9. The first kappa shape index (κ1) is 23.7. The summed E-state index contributed by atoms with van der Waals surface area (Å²) in [5.74, 6) is 0.301. The molecule has 1 N–H and O–H groups in total. The van der Waals surface area contributed by atoms with Crippen molar-refractivity contribution in [1.29, 1.82) is 0 Å². The molecule has 1 atom stereocenters. The number of pyridine rings is 1. The van der Waals surface area contributed by atoms with Crippen molar-refractivity contribution in [3.63, 3.8) is 0 Å². The fourth-order valence-electron chi connectivity index (χ4n) is 3.41. The molecule has 0 saturated heterocycles. The Balaban J connectivity index is 1.63. The molecule has 0 aliphatic carbocycles. The van der Waals surface area contributed by atoms with Crippen LogP contribution in [0.25, 0.3) is 0 Å². The Labute approximate surface area is 191 Å². The van der Waals surface area contributed by atoms with E-state index < -0.39 is 0 Å². The number of aromatic nitrogens is 2. The van der Waals surface area contributed by atoms with E-state index in [4.69, 9.17) is 4.42 Å². The van der Waals surface area contributed by atoms with Crippen LogP contribution in [0, 0.1) is 0 Å². The van der Waals surface area contributed by atoms with Crippen molar-refractivity contribution in [3.8, 4) is 0 Å². The first-order chi connectivity index (χ1) is 15.3. The molecule has 0 aliphatic heterocycles. The van der Waals surface area contributed by atoms with E-state index in [9.17, 15) is 4.79 Å². The number of carbonyl (C=O) groups is 1. The number of amides is 1. The molecule has 0 fully saturated rings. The van der Waals surface area contributed by atoms with E-state index in [2.05, 4.69) is 79.1 Å². The predicted octanol–water partition coefficient (Wildman–Crippen LogP) is 5.10. The van der Waals surface area contributed by atoms with Crippen molar-refractivity contribution >= 4 is 5.91 Å². The van der Waals surface area contributed by atoms with E-state index in [1.54, 1.807) is 12.4 Å². The molecule has 0 bridgehead atoms. The van der Waals surface area contributed by atoms with Crippen LogP contribution in [0.3, 0.4) is 0 Å². The molecule has 32 heavy (non-hydrogen) atoms. The molecule has 0 spiro atoms. The molecule has 2 aromatic heterocycles. The van der Waals surface area contributed by atoms with Gasteiger partial charge in [-0.1, -0.05) is 52.0 Å². The van der Waals surface area contributed by atoms with Crippen LogP contribution in [0.4, 0.5) is 0 Å². The van der Waals surface area contributed by atoms with Crippen LogP contribution in [0.2, 0.25) is 0 Å². The Hall–Kier alpha value is -2.99. The highest BCUT2D eigenvalue weighted by Gasteiger charge is 2.19. The second kappa shape index (κ2) is 10.6. The predicted molar refractivity (Wildman–Crippen MR) is 126 cm³/mol. The summed E-state index contributed by atoms with van der Waals surface area (Å²) < 4.78 is 5.64. The quantitative estimate of drug-likeness (QED) is 0.507. The number of nitrogens with zero attached hydrogens (tertiary/aromatic N) is 3. The Morgan fingerprint density at radius 3 is 2.38 bits per heavy atom. The van der Waals surface area contributed by atoms with Gasteiger partial charge >= 0.3 is 0 Å². The summed E-state index contributed by atoms with van der Waals surface area (Å²) in [6.45, 7) is 12.8. The average Bonchev–Trinajstić information content (AvgIpc) is 3.25. The third-order valence-electron chi connectivity index (χ3n) is 5.74. The van der Waals surface area contributed by atoms with Gasteiger partial charge in [0.1, 0.15) is 6.26 Å². The lowest BCUT2D eigenvalue weighted by atomic mass is 9.87. The van der Waals surface area contributed by atoms with Gasteiger partial charge in [-0.3, -0.25) is 14.7 Å². The van der Waals surface area contributed by atoms with Crippen LogP contribution < -0.4 is 5.32 Å². The molecule has 6 heteroatoms. The Morgan fingerprint density at radius 2 is 1.75 bits per heavy atom. The van der Waals surface area contributed by atoms with Gasteiger partial charge in [0.15, 0.2) is 5.69 Å². The molecular formula is C26H34N4O2. The molecule has 3 rings (SSSR count). The molecular weight excluding hydrogens is 400 g/mol. The van der Waals surface area contributed by atoms with Gasteiger partial charge in [-0.05, 0) is 47.6 Å². The van der Waals surface area contributed by atoms with Gasteiger partial charge in [-0.15, -0.1) is 0 Å². The molecule has 1 amide bonds. The molecule has 1 aromatic carbocycles. The van der Waals surface area contributed by atoms with Crippen LogP contribution in [0.5, 0.6) is 0 Å². The summed E-state index contributed by atoms with van der Waals surface area (Å²) in [6.07, 6.45) is 5.86. The second-order valence-corrected chi connectivity index (χ2v) is 9.27. The van der Waals surface area contributed by atoms with Crippen LogP contribution in [-0.4, -0.2) is 26.8 Å². The monoisotopic (exact) mass is 434 g/mol. The largest absolute Gasteiger partial charge is 0.447 e. The van der Waals surface area contributed by atoms with Crippen LogP contribution >= 0.6 is 0 Å². The zero-order chi connectivity index (χ0) is 23.1. The molecule has 170 valence electrons. The first-order valence-corrected chi connectivity index (χ1v) is 11.2. The molecule has 2 heterocycles. The maximum Gasteiger partial charge on any atom is 0.273 e. The zero-order valence-corrected chi connectivity index (χ0v) is 19.8. The Kier molecular flexibility index (Phi) is 7.80. The van der Waals surface area contributed by atoms with E-state index in [1.807, 2.05) is 12.1 Å². The highest BCUT2D eigenvalue weighted by Crippen LogP contribution is 2.23. The molecule has 0 radical (unpaired) electrons. The van der Waals surface area contributed by atoms with E-state index in [0.29, 0.717) is 30.7 Å². The molecule has 0 aliphatic rings. The summed E-state index contributed by atoms with van der Waals surface area (Å²) in [5, 5.41) is 2.87. The summed E-state index contributed by atoms with van der Waals surface area (Å²) in [6, 6.07) is 12.9. The minimum atomic E-state index is -0.246. The molecule has 1 unspecified atom stereocenters. The number of hydrogen-bond acceptors (Lipinski definition) is 5. The minimum absolute atomic E-state index is 0.140.